The van der Waals surface area contributed by atoms with Crippen LogP contribution in [0.25, 0.3) is 0 Å². The van der Waals surface area contributed by atoms with E-state index in [0.29, 0.717) is 17.2 Å². The third-order valence-corrected chi connectivity index (χ3v) is 7.50. The summed E-state index contributed by atoms with van der Waals surface area (Å²) >= 11 is 0. The molecule has 0 amide bonds. The minimum Gasteiger partial charge on any atom is -0.454 e. The molecule has 13 heteroatoms. The Balaban J connectivity index is 1.17. The van der Waals surface area contributed by atoms with Gasteiger partial charge in [-0.3, -0.25) is 0 Å². The Labute approximate surface area is 194 Å². The molecule has 2 fully saturated rings. The Morgan fingerprint density at radius 2 is 1.82 bits per heavy atom. The second-order valence-corrected chi connectivity index (χ2v) is 9.94. The summed E-state index contributed by atoms with van der Waals surface area (Å²) in [6, 6.07) is 11.0. The monoisotopic (exact) mass is 487 g/mol. The van der Waals surface area contributed by atoms with Crippen molar-refractivity contribution in [1.82, 2.24) is 24.9 Å². The minimum absolute atomic E-state index is 0.153. The molecule has 3 aliphatic rings. The number of nitrogens with zero attached hydrogens (tertiary/aromatic N) is 4. The van der Waals surface area contributed by atoms with Gasteiger partial charge in [-0.2, -0.15) is 4.68 Å². The summed E-state index contributed by atoms with van der Waals surface area (Å²) in [6.45, 7) is 2.46. The van der Waals surface area contributed by atoms with Crippen LogP contribution < -0.4 is 18.9 Å². The van der Waals surface area contributed by atoms with E-state index in [1.165, 1.54) is 4.68 Å². The first kappa shape index (κ1) is 21.3. The normalized spacial score (nSPS) is 25.4. The van der Waals surface area contributed by atoms with Crippen LogP contribution in [0, 0.1) is 6.92 Å². The van der Waals surface area contributed by atoms with E-state index < -0.39 is 34.3 Å². The fourth-order valence-corrected chi connectivity index (χ4v) is 5.51. The van der Waals surface area contributed by atoms with Crippen molar-refractivity contribution in [2.24, 2.45) is 0 Å². The Kier molecular flexibility index (Phi) is 5.13. The molecule has 0 saturated carbocycles. The van der Waals surface area contributed by atoms with Gasteiger partial charge < -0.3 is 23.7 Å². The fraction of sp³-hybridized carbons (Fsp3) is 0.381. The second kappa shape index (κ2) is 8.20. The maximum Gasteiger partial charge on any atom is 0.341 e. The van der Waals surface area contributed by atoms with E-state index >= 15 is 0 Å². The van der Waals surface area contributed by atoms with Crippen molar-refractivity contribution in [2.45, 2.75) is 36.1 Å². The topological polar surface area (TPSA) is 136 Å². The molecule has 1 aromatic heterocycles. The van der Waals surface area contributed by atoms with Gasteiger partial charge in [0.1, 0.15) is 24.0 Å². The zero-order valence-corrected chi connectivity index (χ0v) is 18.8. The number of sulfonamides is 1. The lowest BCUT2D eigenvalue weighted by atomic mass is 10.1. The van der Waals surface area contributed by atoms with Crippen LogP contribution >= 0.6 is 0 Å². The van der Waals surface area contributed by atoms with Gasteiger partial charge in [-0.05, 0) is 41.6 Å². The van der Waals surface area contributed by atoms with Gasteiger partial charge in [0.05, 0.1) is 24.2 Å². The van der Waals surface area contributed by atoms with Gasteiger partial charge in [-0.15, -0.1) is 0 Å². The van der Waals surface area contributed by atoms with Gasteiger partial charge in [-0.1, -0.05) is 22.8 Å². The summed E-state index contributed by atoms with van der Waals surface area (Å²) < 4.78 is 58.3. The Hall–Kier alpha value is -3.26. The van der Waals surface area contributed by atoms with Crippen LogP contribution in [-0.2, 0) is 19.5 Å². The molecule has 4 heterocycles. The minimum atomic E-state index is -3.73. The Morgan fingerprint density at radius 3 is 2.68 bits per heavy atom. The number of fused-ring (bicyclic) bond motifs is 2. The summed E-state index contributed by atoms with van der Waals surface area (Å²) in [5, 5.41) is 11.8. The van der Waals surface area contributed by atoms with E-state index in [2.05, 4.69) is 20.2 Å². The largest absolute Gasteiger partial charge is 0.454 e. The number of benzene rings is 2. The first-order valence-corrected chi connectivity index (χ1v) is 12.1. The number of hydrogen-bond acceptors (Lipinski definition) is 10. The molecule has 6 rings (SSSR count). The smallest absolute Gasteiger partial charge is 0.341 e. The van der Waals surface area contributed by atoms with Crippen molar-refractivity contribution in [3.63, 3.8) is 0 Å². The maximum atomic E-state index is 12.8. The summed E-state index contributed by atoms with van der Waals surface area (Å²) in [5.74, 6) is 1.69. The zero-order chi connectivity index (χ0) is 23.3. The maximum absolute atomic E-state index is 12.8. The first-order valence-electron chi connectivity index (χ1n) is 10.7. The number of hydrogen-bond donors (Lipinski definition) is 1. The average molecular weight is 487 g/mol. The molecule has 34 heavy (non-hydrogen) atoms. The van der Waals surface area contributed by atoms with E-state index in [1.54, 1.807) is 42.5 Å². The molecule has 2 saturated heterocycles. The van der Waals surface area contributed by atoms with Crippen molar-refractivity contribution in [2.75, 3.05) is 20.0 Å². The lowest BCUT2D eigenvalue weighted by Gasteiger charge is -2.18. The van der Waals surface area contributed by atoms with Gasteiger partial charge in [0, 0.05) is 6.07 Å². The highest BCUT2D eigenvalue weighted by molar-refractivity contribution is 7.89. The number of ether oxygens (including phenoxy) is 5. The van der Waals surface area contributed by atoms with Crippen LogP contribution in [0.1, 0.15) is 11.6 Å². The second-order valence-electron chi connectivity index (χ2n) is 8.23. The molecule has 2 aromatic carbocycles. The molecular formula is C21H21N5O7S. The number of rotatable bonds is 6. The van der Waals surface area contributed by atoms with Crippen LogP contribution in [0.4, 0.5) is 0 Å². The number of tetrazole rings is 1. The van der Waals surface area contributed by atoms with E-state index in [0.717, 1.165) is 5.56 Å². The predicted molar refractivity (Wildman–Crippen MR) is 114 cm³/mol. The molecule has 178 valence electrons. The third kappa shape index (κ3) is 3.76. The Morgan fingerprint density at radius 1 is 1.03 bits per heavy atom. The summed E-state index contributed by atoms with van der Waals surface area (Å²) in [4.78, 5) is 0.191. The molecule has 0 unspecified atom stereocenters. The number of aryl methyl sites for hydroxylation is 1. The molecule has 1 N–H and O–H groups in total. The zero-order valence-electron chi connectivity index (χ0n) is 18.0. The van der Waals surface area contributed by atoms with Crippen LogP contribution in [0.15, 0.2) is 47.4 Å². The quantitative estimate of drug-likeness (QED) is 0.540. The van der Waals surface area contributed by atoms with E-state index in [9.17, 15) is 8.42 Å². The number of nitrogens with one attached hydrogen (secondary N) is 1. The highest BCUT2D eigenvalue weighted by Crippen LogP contribution is 2.38. The van der Waals surface area contributed by atoms with Crippen LogP contribution in [0.3, 0.4) is 0 Å². The van der Waals surface area contributed by atoms with Crippen molar-refractivity contribution in [3.8, 4) is 23.3 Å². The molecule has 0 radical (unpaired) electrons. The van der Waals surface area contributed by atoms with Gasteiger partial charge >= 0.3 is 6.01 Å². The van der Waals surface area contributed by atoms with Crippen LogP contribution in [-0.4, -0.2) is 66.9 Å². The van der Waals surface area contributed by atoms with Crippen molar-refractivity contribution < 1.29 is 32.1 Å². The molecule has 3 aromatic rings. The highest BCUT2D eigenvalue weighted by Gasteiger charge is 2.50. The molecule has 0 spiro atoms. The van der Waals surface area contributed by atoms with Gasteiger partial charge in [0.15, 0.2) is 11.5 Å². The Bertz CT molecular complexity index is 1310. The summed E-state index contributed by atoms with van der Waals surface area (Å²) in [7, 11) is -3.73. The van der Waals surface area contributed by atoms with Gasteiger partial charge in [0.25, 0.3) is 0 Å². The molecule has 0 aliphatic carbocycles. The molecule has 3 aliphatic heterocycles. The van der Waals surface area contributed by atoms with E-state index in [4.69, 9.17) is 23.7 Å². The van der Waals surface area contributed by atoms with E-state index in [1.807, 2.05) is 6.92 Å². The SMILES string of the molecule is Cc1ccc(S(=O)(=O)N[C@H]2CO[C@H]3[C@@H]2OC[C@@H]3n2nnnc2Oc2ccc3c(c2)OCO3)cc1. The standard InChI is InChI=1S/C21H21N5O7S/c1-12-2-5-14(6-3-12)34(27,28)23-15-9-29-20-16(10-30-19(15)20)26-21(22-24-25-26)33-13-4-7-17-18(8-13)32-11-31-17/h2-8,15-16,19-20,23H,9-11H2,1H3/t15-,16-,19+,20+/m0/s1. The lowest BCUT2D eigenvalue weighted by Crippen LogP contribution is -2.44. The molecule has 12 nitrogen and oxygen atoms in total. The van der Waals surface area contributed by atoms with Crippen LogP contribution in [0.5, 0.6) is 23.3 Å². The summed E-state index contributed by atoms with van der Waals surface area (Å²) in [6.07, 6.45) is -0.943. The lowest BCUT2D eigenvalue weighted by molar-refractivity contribution is 0.0615. The van der Waals surface area contributed by atoms with Gasteiger partial charge in [0.2, 0.25) is 16.8 Å². The molecular weight excluding hydrogens is 466 g/mol. The van der Waals surface area contributed by atoms with E-state index in [-0.39, 0.29) is 30.9 Å². The first-order chi connectivity index (χ1) is 16.5. The van der Waals surface area contributed by atoms with Crippen molar-refractivity contribution in [3.05, 3.63) is 48.0 Å². The summed E-state index contributed by atoms with van der Waals surface area (Å²) in [5.41, 5.74) is 0.977. The third-order valence-electron chi connectivity index (χ3n) is 6.00. The molecule has 4 atom stereocenters. The predicted octanol–water partition coefficient (Wildman–Crippen LogP) is 1.19. The van der Waals surface area contributed by atoms with Gasteiger partial charge in [-0.25, -0.2) is 13.1 Å². The van der Waals surface area contributed by atoms with Crippen molar-refractivity contribution >= 4 is 10.0 Å². The molecule has 0 bridgehead atoms. The van der Waals surface area contributed by atoms with Crippen molar-refractivity contribution in [1.29, 1.82) is 0 Å². The fourth-order valence-electron chi connectivity index (χ4n) is 4.28. The van der Waals surface area contributed by atoms with Crippen LogP contribution in [0.2, 0.25) is 0 Å². The average Bonchev–Trinajstić information content (AvgIpc) is 3.59. The number of aromatic nitrogens is 4. The highest BCUT2D eigenvalue weighted by atomic mass is 32.2.